The number of nitrogens with two attached hydrogens (primary N) is 1. The highest BCUT2D eigenvalue weighted by atomic mass is 32.1. The number of carbonyl (C=O) groups excluding carboxylic acids is 1. The van der Waals surface area contributed by atoms with Gasteiger partial charge in [-0.3, -0.25) is 4.79 Å². The fraction of sp³-hybridized carbons (Fsp3) is 0.276. The molecular weight excluding hydrogens is 531 g/mol. The van der Waals surface area contributed by atoms with E-state index in [9.17, 15) is 9.18 Å². The second-order valence-electron chi connectivity index (χ2n) is 10.3. The first-order valence-electron chi connectivity index (χ1n) is 12.9. The highest BCUT2D eigenvalue weighted by Gasteiger charge is 2.34. The minimum absolute atomic E-state index is 0.0699. The van der Waals surface area contributed by atoms with Crippen molar-refractivity contribution in [2.45, 2.75) is 44.7 Å². The topological polar surface area (TPSA) is 124 Å². The summed E-state index contributed by atoms with van der Waals surface area (Å²) in [5, 5.41) is 11.4. The van der Waals surface area contributed by atoms with Crippen LogP contribution in [0.15, 0.2) is 69.1 Å². The highest BCUT2D eigenvalue weighted by molar-refractivity contribution is 7.09. The number of amides is 1. The molecule has 40 heavy (non-hydrogen) atoms. The van der Waals surface area contributed by atoms with Crippen molar-refractivity contribution in [3.63, 3.8) is 0 Å². The minimum atomic E-state index is -1.00. The van der Waals surface area contributed by atoms with Gasteiger partial charge in [-0.15, -0.1) is 21.5 Å². The Kier molecular flexibility index (Phi) is 6.77. The van der Waals surface area contributed by atoms with Gasteiger partial charge in [0.25, 0.3) is 5.91 Å². The molecule has 5 aromatic rings. The zero-order valence-electron chi connectivity index (χ0n) is 22.0. The lowest BCUT2D eigenvalue weighted by molar-refractivity contribution is 0.0735. The van der Waals surface area contributed by atoms with Crippen molar-refractivity contribution in [1.29, 1.82) is 0 Å². The second-order valence-corrected chi connectivity index (χ2v) is 11.1. The van der Waals surface area contributed by atoms with Gasteiger partial charge >= 0.3 is 0 Å². The Hall–Kier alpha value is -4.22. The lowest BCUT2D eigenvalue weighted by Crippen LogP contribution is -2.35. The molecule has 2 atom stereocenters. The van der Waals surface area contributed by atoms with Crippen LogP contribution in [0.2, 0.25) is 0 Å². The summed E-state index contributed by atoms with van der Waals surface area (Å²) in [4.78, 5) is 24.7. The van der Waals surface area contributed by atoms with E-state index in [0.717, 1.165) is 29.1 Å². The molecule has 0 spiro atoms. The fourth-order valence-electron chi connectivity index (χ4n) is 4.99. The van der Waals surface area contributed by atoms with Crippen LogP contribution in [0.3, 0.4) is 0 Å². The maximum atomic E-state index is 13.9. The number of carbonyl (C=O) groups is 1. The van der Waals surface area contributed by atoms with Crippen LogP contribution in [-0.4, -0.2) is 37.5 Å². The molecule has 1 fully saturated rings. The molecule has 0 bridgehead atoms. The van der Waals surface area contributed by atoms with E-state index in [1.165, 1.54) is 18.4 Å². The molecule has 204 valence electrons. The van der Waals surface area contributed by atoms with Gasteiger partial charge in [0.05, 0.1) is 17.8 Å². The number of hydrogen-bond acceptors (Lipinski definition) is 9. The smallest absolute Gasteiger partial charge is 0.254 e. The number of halogens is 1. The molecule has 4 heterocycles. The van der Waals surface area contributed by atoms with Crippen LogP contribution in [-0.2, 0) is 12.0 Å². The fourth-order valence-corrected chi connectivity index (χ4v) is 5.94. The molecule has 0 unspecified atom stereocenters. The van der Waals surface area contributed by atoms with Crippen LogP contribution in [0.1, 0.15) is 58.3 Å². The van der Waals surface area contributed by atoms with E-state index in [-0.39, 0.29) is 29.5 Å². The van der Waals surface area contributed by atoms with E-state index in [0.29, 0.717) is 35.5 Å². The number of aromatic nitrogens is 4. The molecule has 3 aromatic heterocycles. The summed E-state index contributed by atoms with van der Waals surface area (Å²) in [7, 11) is 0. The van der Waals surface area contributed by atoms with Crippen molar-refractivity contribution in [1.82, 2.24) is 25.1 Å². The minimum Gasteiger partial charge on any atom is -0.445 e. The Balaban J connectivity index is 1.34. The van der Waals surface area contributed by atoms with Gasteiger partial charge in [-0.25, -0.2) is 14.4 Å². The average Bonchev–Trinajstić information content (AvgIpc) is 3.76. The zero-order chi connectivity index (χ0) is 27.9. The largest absolute Gasteiger partial charge is 0.445 e. The summed E-state index contributed by atoms with van der Waals surface area (Å²) < 4.78 is 24.9. The first kappa shape index (κ1) is 26.0. The highest BCUT2D eigenvalue weighted by Crippen LogP contribution is 2.36. The molecule has 0 radical (unpaired) electrons. The number of rotatable bonds is 7. The molecule has 1 amide bonds. The van der Waals surface area contributed by atoms with Crippen LogP contribution in [0.4, 0.5) is 4.39 Å². The molecule has 9 nitrogen and oxygen atoms in total. The van der Waals surface area contributed by atoms with E-state index in [4.69, 9.17) is 14.6 Å². The van der Waals surface area contributed by atoms with E-state index < -0.39 is 5.54 Å². The molecule has 1 aliphatic rings. The Labute approximate surface area is 233 Å². The third-order valence-corrected chi connectivity index (χ3v) is 8.00. The monoisotopic (exact) mass is 558 g/mol. The average molecular weight is 559 g/mol. The van der Waals surface area contributed by atoms with Crippen LogP contribution in [0.25, 0.3) is 22.9 Å². The van der Waals surface area contributed by atoms with Gasteiger partial charge in [-0.05, 0) is 69.0 Å². The summed E-state index contributed by atoms with van der Waals surface area (Å²) in [6.07, 6.45) is 5.15. The Morgan fingerprint density at radius 2 is 1.95 bits per heavy atom. The summed E-state index contributed by atoms with van der Waals surface area (Å²) >= 11 is 1.58. The first-order valence-corrected chi connectivity index (χ1v) is 13.8. The Morgan fingerprint density at radius 3 is 2.65 bits per heavy atom. The van der Waals surface area contributed by atoms with Crippen LogP contribution >= 0.6 is 11.3 Å². The molecule has 1 saturated heterocycles. The molecule has 2 N–H and O–H groups in total. The Morgan fingerprint density at radius 1 is 1.18 bits per heavy atom. The number of hydrogen-bond donors (Lipinski definition) is 1. The van der Waals surface area contributed by atoms with Gasteiger partial charge in [0.1, 0.15) is 17.1 Å². The second kappa shape index (κ2) is 10.4. The van der Waals surface area contributed by atoms with E-state index >= 15 is 0 Å². The van der Waals surface area contributed by atoms with Gasteiger partial charge in [0.15, 0.2) is 0 Å². The van der Waals surface area contributed by atoms with Gasteiger partial charge in [0, 0.05) is 34.3 Å². The maximum absolute atomic E-state index is 13.9. The molecule has 0 aliphatic carbocycles. The van der Waals surface area contributed by atoms with Crippen molar-refractivity contribution in [3.05, 3.63) is 93.8 Å². The number of benzene rings is 2. The molecule has 0 saturated carbocycles. The molecule has 1 aliphatic heterocycles. The first-order chi connectivity index (χ1) is 19.3. The third kappa shape index (κ3) is 5.17. The van der Waals surface area contributed by atoms with Crippen molar-refractivity contribution >= 4 is 17.2 Å². The molecule has 11 heteroatoms. The summed E-state index contributed by atoms with van der Waals surface area (Å²) in [6.45, 7) is 4.37. The SMILES string of the molecule is Cc1csc([C@H]2CCCN2C(=O)c2cc(-c3ncco3)cc(-c3nnc([C@](C)(N)Cc4ccc(F)cc4)o3)c2)n1. The molecule has 2 aromatic carbocycles. The maximum Gasteiger partial charge on any atom is 0.254 e. The van der Waals surface area contributed by atoms with E-state index in [1.54, 1.807) is 54.8 Å². The van der Waals surface area contributed by atoms with Gasteiger partial charge in [-0.2, -0.15) is 0 Å². The summed E-state index contributed by atoms with van der Waals surface area (Å²) in [6, 6.07) is 11.3. The Bertz CT molecular complexity index is 1640. The van der Waals surface area contributed by atoms with Gasteiger partial charge < -0.3 is 19.5 Å². The third-order valence-electron chi connectivity index (χ3n) is 6.94. The predicted molar refractivity (Wildman–Crippen MR) is 147 cm³/mol. The lowest BCUT2D eigenvalue weighted by atomic mass is 9.94. The van der Waals surface area contributed by atoms with Crippen molar-refractivity contribution in [3.8, 4) is 22.9 Å². The van der Waals surface area contributed by atoms with Gasteiger partial charge in [-0.1, -0.05) is 12.1 Å². The van der Waals surface area contributed by atoms with Crippen molar-refractivity contribution < 1.29 is 18.0 Å². The van der Waals surface area contributed by atoms with Crippen LogP contribution in [0, 0.1) is 12.7 Å². The quantitative estimate of drug-likeness (QED) is 0.270. The standard InChI is InChI=1S/C29H27FN6O3S/c1-17-16-40-26(33-17)23-4-3-10-36(23)27(37)21-13-19(24-32-9-11-38-24)12-20(14-21)25-34-35-28(39-25)29(2,31)15-18-5-7-22(30)8-6-18/h5-9,11-14,16,23H,3-4,10,15,31H2,1-2H3/t23-,29-/m1/s1. The number of likely N-dealkylation sites (tertiary alicyclic amines) is 1. The number of oxazole rings is 1. The summed E-state index contributed by atoms with van der Waals surface area (Å²) in [5.41, 5.74) is 8.93. The van der Waals surface area contributed by atoms with Gasteiger partial charge in [0.2, 0.25) is 17.7 Å². The van der Waals surface area contributed by atoms with Crippen LogP contribution in [0.5, 0.6) is 0 Å². The zero-order valence-corrected chi connectivity index (χ0v) is 22.8. The predicted octanol–water partition coefficient (Wildman–Crippen LogP) is 5.69. The molecule has 6 rings (SSSR count). The number of aryl methyl sites for hydroxylation is 1. The number of thiazole rings is 1. The number of nitrogens with zero attached hydrogens (tertiary/aromatic N) is 5. The normalized spacial score (nSPS) is 16.8. The molecular formula is C29H27FN6O3S. The van der Waals surface area contributed by atoms with Crippen molar-refractivity contribution in [2.75, 3.05) is 6.54 Å². The lowest BCUT2D eigenvalue weighted by Gasteiger charge is -2.23. The van der Waals surface area contributed by atoms with E-state index in [2.05, 4.69) is 20.2 Å². The van der Waals surface area contributed by atoms with E-state index in [1.807, 2.05) is 17.2 Å². The van der Waals surface area contributed by atoms with Crippen LogP contribution < -0.4 is 5.73 Å². The summed E-state index contributed by atoms with van der Waals surface area (Å²) in [5.74, 6) is 0.358. The van der Waals surface area contributed by atoms with Crippen molar-refractivity contribution in [2.24, 2.45) is 5.73 Å².